The van der Waals surface area contributed by atoms with E-state index in [2.05, 4.69) is 15.5 Å². The van der Waals surface area contributed by atoms with Crippen LogP contribution in [0.2, 0.25) is 5.15 Å². The predicted octanol–water partition coefficient (Wildman–Crippen LogP) is 0.523. The molecule has 0 aliphatic carbocycles. The lowest BCUT2D eigenvalue weighted by atomic mass is 10.4. The Labute approximate surface area is 104 Å². The minimum Gasteiger partial charge on any atom is -0.382 e. The molecule has 1 amide bonds. The SMILES string of the molecule is COCCOCCNC(=O)c1ccc(Cl)nn1. The Kier molecular flexibility index (Phi) is 6.46. The second-order valence-corrected chi connectivity index (χ2v) is 3.49. The van der Waals surface area contributed by atoms with Gasteiger partial charge in [0.1, 0.15) is 0 Å². The van der Waals surface area contributed by atoms with Crippen molar-refractivity contribution >= 4 is 17.5 Å². The van der Waals surface area contributed by atoms with E-state index in [-0.39, 0.29) is 16.8 Å². The molecule has 0 atom stereocenters. The third-order valence-electron chi connectivity index (χ3n) is 1.83. The summed E-state index contributed by atoms with van der Waals surface area (Å²) < 4.78 is 9.99. The van der Waals surface area contributed by atoms with Gasteiger partial charge in [0.25, 0.3) is 5.91 Å². The van der Waals surface area contributed by atoms with E-state index in [0.717, 1.165) is 0 Å². The lowest BCUT2D eigenvalue weighted by Gasteiger charge is -2.05. The van der Waals surface area contributed by atoms with Gasteiger partial charge in [0.2, 0.25) is 0 Å². The number of amides is 1. The molecule has 0 radical (unpaired) electrons. The molecule has 1 N–H and O–H groups in total. The molecule has 0 spiro atoms. The van der Waals surface area contributed by atoms with E-state index in [0.29, 0.717) is 26.4 Å². The molecule has 1 rings (SSSR count). The fraction of sp³-hybridized carbons (Fsp3) is 0.500. The highest BCUT2D eigenvalue weighted by Gasteiger charge is 2.06. The van der Waals surface area contributed by atoms with Gasteiger partial charge in [0, 0.05) is 13.7 Å². The van der Waals surface area contributed by atoms with Crippen molar-refractivity contribution in [3.63, 3.8) is 0 Å². The van der Waals surface area contributed by atoms with Gasteiger partial charge >= 0.3 is 0 Å². The molecule has 6 nitrogen and oxygen atoms in total. The molecule has 1 heterocycles. The van der Waals surface area contributed by atoms with Crippen molar-refractivity contribution in [1.82, 2.24) is 15.5 Å². The molecule has 0 unspecified atom stereocenters. The Balaban J connectivity index is 2.19. The summed E-state index contributed by atoms with van der Waals surface area (Å²) in [7, 11) is 1.60. The summed E-state index contributed by atoms with van der Waals surface area (Å²) in [6.45, 7) is 1.88. The number of hydrogen-bond acceptors (Lipinski definition) is 5. The van der Waals surface area contributed by atoms with Crippen LogP contribution in [0.15, 0.2) is 12.1 Å². The van der Waals surface area contributed by atoms with Crippen molar-refractivity contribution in [2.75, 3.05) is 33.5 Å². The monoisotopic (exact) mass is 259 g/mol. The van der Waals surface area contributed by atoms with Gasteiger partial charge in [-0.05, 0) is 12.1 Å². The number of nitrogens with one attached hydrogen (secondary N) is 1. The van der Waals surface area contributed by atoms with Crippen molar-refractivity contribution in [3.8, 4) is 0 Å². The highest BCUT2D eigenvalue weighted by Crippen LogP contribution is 2.01. The first-order valence-electron chi connectivity index (χ1n) is 5.08. The van der Waals surface area contributed by atoms with E-state index >= 15 is 0 Å². The molecular formula is C10H14ClN3O3. The molecule has 1 aromatic rings. The highest BCUT2D eigenvalue weighted by atomic mass is 35.5. The van der Waals surface area contributed by atoms with Gasteiger partial charge in [-0.15, -0.1) is 10.2 Å². The van der Waals surface area contributed by atoms with Crippen molar-refractivity contribution in [3.05, 3.63) is 23.0 Å². The van der Waals surface area contributed by atoms with E-state index in [1.54, 1.807) is 7.11 Å². The number of methoxy groups -OCH3 is 1. The molecule has 0 saturated heterocycles. The quantitative estimate of drug-likeness (QED) is 0.723. The number of aromatic nitrogens is 2. The van der Waals surface area contributed by atoms with Gasteiger partial charge in [-0.1, -0.05) is 11.6 Å². The summed E-state index contributed by atoms with van der Waals surface area (Å²) in [6.07, 6.45) is 0. The van der Waals surface area contributed by atoms with E-state index in [4.69, 9.17) is 21.1 Å². The average Bonchev–Trinajstić information content (AvgIpc) is 2.34. The zero-order chi connectivity index (χ0) is 12.5. The molecule has 0 aliphatic rings. The predicted molar refractivity (Wildman–Crippen MR) is 62.1 cm³/mol. The smallest absolute Gasteiger partial charge is 0.271 e. The lowest BCUT2D eigenvalue weighted by molar-refractivity contribution is 0.0691. The van der Waals surface area contributed by atoms with Crippen LogP contribution in [0.5, 0.6) is 0 Å². The molecule has 1 aromatic heterocycles. The first kappa shape index (κ1) is 13.8. The van der Waals surface area contributed by atoms with Gasteiger partial charge in [-0.2, -0.15) is 0 Å². The van der Waals surface area contributed by atoms with Crippen molar-refractivity contribution < 1.29 is 14.3 Å². The molecule has 0 aromatic carbocycles. The number of carbonyl (C=O) groups excluding carboxylic acids is 1. The summed E-state index contributed by atoms with van der Waals surface area (Å²) in [5.41, 5.74) is 0.228. The maximum atomic E-state index is 11.5. The molecule has 7 heteroatoms. The summed E-state index contributed by atoms with van der Waals surface area (Å²) in [6, 6.07) is 3.02. The third kappa shape index (κ3) is 5.58. The molecule has 0 aliphatic heterocycles. The van der Waals surface area contributed by atoms with Crippen LogP contribution < -0.4 is 5.32 Å². The summed E-state index contributed by atoms with van der Waals surface area (Å²) in [4.78, 5) is 11.5. The van der Waals surface area contributed by atoms with Gasteiger partial charge in [0.15, 0.2) is 10.8 Å². The van der Waals surface area contributed by atoms with Gasteiger partial charge in [0.05, 0.1) is 19.8 Å². The summed E-state index contributed by atoms with van der Waals surface area (Å²) >= 11 is 5.55. The zero-order valence-electron chi connectivity index (χ0n) is 9.48. The highest BCUT2D eigenvalue weighted by molar-refractivity contribution is 6.29. The standard InChI is InChI=1S/C10H14ClN3O3/c1-16-6-7-17-5-4-12-10(15)8-2-3-9(11)14-13-8/h2-3H,4-7H2,1H3,(H,12,15). The fourth-order valence-electron chi connectivity index (χ4n) is 1.01. The van der Waals surface area contributed by atoms with Crippen LogP contribution in [0.1, 0.15) is 10.5 Å². The number of rotatable bonds is 7. The lowest BCUT2D eigenvalue weighted by Crippen LogP contribution is -2.28. The number of ether oxygens (including phenoxy) is 2. The van der Waals surface area contributed by atoms with E-state index in [1.807, 2.05) is 0 Å². The largest absolute Gasteiger partial charge is 0.382 e. The zero-order valence-corrected chi connectivity index (χ0v) is 10.2. The fourth-order valence-corrected chi connectivity index (χ4v) is 1.11. The molecule has 17 heavy (non-hydrogen) atoms. The molecule has 0 bridgehead atoms. The van der Waals surface area contributed by atoms with Crippen LogP contribution in [0.3, 0.4) is 0 Å². The van der Waals surface area contributed by atoms with Crippen LogP contribution >= 0.6 is 11.6 Å². The van der Waals surface area contributed by atoms with Crippen molar-refractivity contribution in [2.24, 2.45) is 0 Å². The maximum absolute atomic E-state index is 11.5. The Morgan fingerprint density at radius 2 is 2.18 bits per heavy atom. The first-order chi connectivity index (χ1) is 8.24. The second kappa shape index (κ2) is 7.94. The Hall–Kier alpha value is -1.24. The van der Waals surface area contributed by atoms with Crippen molar-refractivity contribution in [1.29, 1.82) is 0 Å². The van der Waals surface area contributed by atoms with Crippen molar-refractivity contribution in [2.45, 2.75) is 0 Å². The van der Waals surface area contributed by atoms with Crippen LogP contribution in [0, 0.1) is 0 Å². The van der Waals surface area contributed by atoms with Crippen LogP contribution in [0.25, 0.3) is 0 Å². The van der Waals surface area contributed by atoms with Gasteiger partial charge < -0.3 is 14.8 Å². The normalized spacial score (nSPS) is 10.2. The minimum absolute atomic E-state index is 0.228. The minimum atomic E-state index is -0.301. The topological polar surface area (TPSA) is 73.3 Å². The van der Waals surface area contributed by atoms with Crippen LogP contribution in [-0.2, 0) is 9.47 Å². The van der Waals surface area contributed by atoms with Crippen LogP contribution in [-0.4, -0.2) is 49.6 Å². The van der Waals surface area contributed by atoms with E-state index < -0.39 is 0 Å². The number of hydrogen-bond donors (Lipinski definition) is 1. The van der Waals surface area contributed by atoms with E-state index in [1.165, 1.54) is 12.1 Å². The Morgan fingerprint density at radius 1 is 1.35 bits per heavy atom. The Bertz CT molecular complexity index is 345. The number of nitrogens with zero attached hydrogens (tertiary/aromatic N) is 2. The number of carbonyl (C=O) groups is 1. The number of halogens is 1. The Morgan fingerprint density at radius 3 is 2.82 bits per heavy atom. The maximum Gasteiger partial charge on any atom is 0.271 e. The first-order valence-corrected chi connectivity index (χ1v) is 5.46. The van der Waals surface area contributed by atoms with Crippen LogP contribution in [0.4, 0.5) is 0 Å². The molecule has 0 fully saturated rings. The third-order valence-corrected chi connectivity index (χ3v) is 2.03. The van der Waals surface area contributed by atoms with Gasteiger partial charge in [-0.25, -0.2) is 0 Å². The summed E-state index contributed by atoms with van der Waals surface area (Å²) in [5.74, 6) is -0.301. The summed E-state index contributed by atoms with van der Waals surface area (Å²) in [5, 5.41) is 10.1. The van der Waals surface area contributed by atoms with E-state index in [9.17, 15) is 4.79 Å². The molecule has 94 valence electrons. The molecule has 0 saturated carbocycles. The molecular weight excluding hydrogens is 246 g/mol. The second-order valence-electron chi connectivity index (χ2n) is 3.10. The van der Waals surface area contributed by atoms with Gasteiger partial charge in [-0.3, -0.25) is 4.79 Å². The average molecular weight is 260 g/mol.